The number of rotatable bonds is 3. The van der Waals surface area contributed by atoms with Crippen LogP contribution in [0.3, 0.4) is 0 Å². The van der Waals surface area contributed by atoms with Crippen molar-refractivity contribution in [2.24, 2.45) is 11.8 Å². The highest BCUT2D eigenvalue weighted by atomic mass is 32.2. The maximum Gasteiger partial charge on any atom is 0.281 e. The molecule has 2 heterocycles. The molecule has 5 nitrogen and oxygen atoms in total. The third kappa shape index (κ3) is 3.68. The lowest BCUT2D eigenvalue weighted by Crippen LogP contribution is -2.48. The van der Waals surface area contributed by atoms with Crippen molar-refractivity contribution in [3.05, 3.63) is 0 Å². The van der Waals surface area contributed by atoms with E-state index in [4.69, 9.17) is 0 Å². The van der Waals surface area contributed by atoms with E-state index in [1.165, 1.54) is 0 Å². The normalized spacial score (nSPS) is 32.1. The summed E-state index contributed by atoms with van der Waals surface area (Å²) in [5, 5.41) is 9.23. The van der Waals surface area contributed by atoms with Gasteiger partial charge in [0, 0.05) is 32.8 Å². The fraction of sp³-hybridized carbons (Fsp3) is 1.00. The summed E-state index contributed by atoms with van der Waals surface area (Å²) in [6.07, 6.45) is 4.81. The molecule has 0 aromatic carbocycles. The predicted octanol–water partition coefficient (Wildman–Crippen LogP) is 1.06. The molecular weight excluding hydrogens is 264 g/mol. The molecule has 2 saturated heterocycles. The second-order valence-corrected chi connectivity index (χ2v) is 7.92. The molecule has 0 aromatic rings. The fourth-order valence-corrected chi connectivity index (χ4v) is 4.80. The van der Waals surface area contributed by atoms with Crippen molar-refractivity contribution in [2.45, 2.75) is 39.0 Å². The van der Waals surface area contributed by atoms with Gasteiger partial charge < -0.3 is 5.11 Å². The first-order chi connectivity index (χ1) is 9.04. The van der Waals surface area contributed by atoms with Crippen LogP contribution in [0.2, 0.25) is 0 Å². The molecule has 6 heteroatoms. The summed E-state index contributed by atoms with van der Waals surface area (Å²) in [5.41, 5.74) is 0. The zero-order valence-corrected chi connectivity index (χ0v) is 12.6. The third-order valence-electron chi connectivity index (χ3n) is 4.37. The minimum Gasteiger partial charge on any atom is -0.396 e. The van der Waals surface area contributed by atoms with E-state index >= 15 is 0 Å². The molecule has 19 heavy (non-hydrogen) atoms. The Morgan fingerprint density at radius 2 is 1.74 bits per heavy atom. The summed E-state index contributed by atoms with van der Waals surface area (Å²) in [7, 11) is -3.32. The average Bonchev–Trinajstić information content (AvgIpc) is 2.64. The lowest BCUT2D eigenvalue weighted by Gasteiger charge is -2.34. The SMILES string of the molecule is CC1CCCN(S(=O)(=O)N2CCCC(CO)C2)CC1. The van der Waals surface area contributed by atoms with Gasteiger partial charge in [0.1, 0.15) is 0 Å². The highest BCUT2D eigenvalue weighted by Crippen LogP contribution is 2.24. The summed E-state index contributed by atoms with van der Waals surface area (Å²) >= 11 is 0. The molecule has 0 radical (unpaired) electrons. The van der Waals surface area contributed by atoms with Crippen LogP contribution < -0.4 is 0 Å². The number of hydrogen-bond acceptors (Lipinski definition) is 3. The number of piperidine rings is 1. The number of aliphatic hydroxyl groups is 1. The number of hydrogen-bond donors (Lipinski definition) is 1. The number of nitrogens with zero attached hydrogens (tertiary/aromatic N) is 2. The second-order valence-electron chi connectivity index (χ2n) is 5.99. The molecule has 0 saturated carbocycles. The van der Waals surface area contributed by atoms with Gasteiger partial charge in [-0.05, 0) is 43.9 Å². The molecule has 2 atom stereocenters. The fourth-order valence-electron chi connectivity index (χ4n) is 3.02. The zero-order chi connectivity index (χ0) is 13.9. The Morgan fingerprint density at radius 1 is 1.05 bits per heavy atom. The van der Waals surface area contributed by atoms with Crippen LogP contribution >= 0.6 is 0 Å². The monoisotopic (exact) mass is 290 g/mol. The Kier molecular flexibility index (Phi) is 5.22. The van der Waals surface area contributed by atoms with E-state index in [2.05, 4.69) is 6.92 Å². The van der Waals surface area contributed by atoms with Crippen molar-refractivity contribution in [3.63, 3.8) is 0 Å². The van der Waals surface area contributed by atoms with E-state index in [1.807, 2.05) is 0 Å². The number of aliphatic hydroxyl groups excluding tert-OH is 1. The molecule has 0 spiro atoms. The van der Waals surface area contributed by atoms with Gasteiger partial charge in [-0.2, -0.15) is 17.0 Å². The van der Waals surface area contributed by atoms with Crippen LogP contribution in [0.25, 0.3) is 0 Å². The van der Waals surface area contributed by atoms with Gasteiger partial charge in [0.25, 0.3) is 10.2 Å². The quantitative estimate of drug-likeness (QED) is 0.845. The molecule has 2 fully saturated rings. The van der Waals surface area contributed by atoms with Crippen molar-refractivity contribution < 1.29 is 13.5 Å². The van der Waals surface area contributed by atoms with Gasteiger partial charge in [-0.1, -0.05) is 6.92 Å². The molecule has 2 unspecified atom stereocenters. The topological polar surface area (TPSA) is 60.9 Å². The van der Waals surface area contributed by atoms with Crippen LogP contribution in [0.1, 0.15) is 39.0 Å². The van der Waals surface area contributed by atoms with Crippen LogP contribution in [-0.4, -0.2) is 54.9 Å². The highest BCUT2D eigenvalue weighted by Gasteiger charge is 2.34. The van der Waals surface area contributed by atoms with Crippen molar-refractivity contribution in [3.8, 4) is 0 Å². The summed E-state index contributed by atoms with van der Waals surface area (Å²) in [5.74, 6) is 0.723. The molecule has 0 aromatic heterocycles. The minimum absolute atomic E-state index is 0.0864. The maximum absolute atomic E-state index is 12.6. The summed E-state index contributed by atoms with van der Waals surface area (Å²) in [6, 6.07) is 0. The average molecular weight is 290 g/mol. The van der Waals surface area contributed by atoms with Gasteiger partial charge in [-0.25, -0.2) is 0 Å². The highest BCUT2D eigenvalue weighted by molar-refractivity contribution is 7.86. The van der Waals surface area contributed by atoms with Gasteiger partial charge in [-0.15, -0.1) is 0 Å². The first kappa shape index (κ1) is 15.2. The van der Waals surface area contributed by atoms with E-state index in [0.717, 1.165) is 32.1 Å². The largest absolute Gasteiger partial charge is 0.396 e. The van der Waals surface area contributed by atoms with Crippen LogP contribution in [-0.2, 0) is 10.2 Å². The molecule has 0 aliphatic carbocycles. The third-order valence-corrected chi connectivity index (χ3v) is 6.37. The minimum atomic E-state index is -3.32. The first-order valence-corrected chi connectivity index (χ1v) is 8.80. The lowest BCUT2D eigenvalue weighted by molar-refractivity contribution is 0.161. The molecule has 1 N–H and O–H groups in total. The molecule has 0 amide bonds. The van der Waals surface area contributed by atoms with Crippen molar-refractivity contribution in [1.82, 2.24) is 8.61 Å². The van der Waals surface area contributed by atoms with E-state index in [1.54, 1.807) is 8.61 Å². The Bertz CT molecular complexity index is 377. The molecule has 2 aliphatic rings. The lowest BCUT2D eigenvalue weighted by atomic mass is 10.0. The van der Waals surface area contributed by atoms with Gasteiger partial charge >= 0.3 is 0 Å². The van der Waals surface area contributed by atoms with E-state index < -0.39 is 10.2 Å². The van der Waals surface area contributed by atoms with Gasteiger partial charge in [0.05, 0.1) is 0 Å². The summed E-state index contributed by atoms with van der Waals surface area (Å²) < 4.78 is 28.5. The van der Waals surface area contributed by atoms with E-state index in [9.17, 15) is 13.5 Å². The Morgan fingerprint density at radius 3 is 2.47 bits per heavy atom. The Labute approximate surface area is 116 Å². The summed E-state index contributed by atoms with van der Waals surface area (Å²) in [4.78, 5) is 0. The van der Waals surface area contributed by atoms with Crippen molar-refractivity contribution >= 4 is 10.2 Å². The van der Waals surface area contributed by atoms with Crippen LogP contribution in [0.15, 0.2) is 0 Å². The Hall–Kier alpha value is -0.170. The van der Waals surface area contributed by atoms with Gasteiger partial charge in [0.15, 0.2) is 0 Å². The van der Waals surface area contributed by atoms with Crippen molar-refractivity contribution in [2.75, 3.05) is 32.8 Å². The van der Waals surface area contributed by atoms with E-state index in [0.29, 0.717) is 32.1 Å². The first-order valence-electron chi connectivity index (χ1n) is 7.40. The molecular formula is C13H26N2O3S. The summed E-state index contributed by atoms with van der Waals surface area (Å²) in [6.45, 7) is 4.65. The van der Waals surface area contributed by atoms with Crippen LogP contribution in [0.4, 0.5) is 0 Å². The van der Waals surface area contributed by atoms with Gasteiger partial charge in [0.2, 0.25) is 0 Å². The molecule has 112 valence electrons. The smallest absolute Gasteiger partial charge is 0.281 e. The zero-order valence-electron chi connectivity index (χ0n) is 11.8. The van der Waals surface area contributed by atoms with Gasteiger partial charge in [-0.3, -0.25) is 0 Å². The standard InChI is InChI=1S/C13H26N2O3S/c1-12-4-2-7-14(9-6-12)19(17,18)15-8-3-5-13(10-15)11-16/h12-13,16H,2-11H2,1H3. The van der Waals surface area contributed by atoms with Crippen molar-refractivity contribution in [1.29, 1.82) is 0 Å². The van der Waals surface area contributed by atoms with Crippen LogP contribution in [0, 0.1) is 11.8 Å². The predicted molar refractivity (Wildman–Crippen MR) is 74.9 cm³/mol. The Balaban J connectivity index is 2.04. The maximum atomic E-state index is 12.6. The molecule has 0 bridgehead atoms. The molecule has 2 aliphatic heterocycles. The van der Waals surface area contributed by atoms with Crippen LogP contribution in [0.5, 0.6) is 0 Å². The molecule has 2 rings (SSSR count). The van der Waals surface area contributed by atoms with E-state index in [-0.39, 0.29) is 12.5 Å². The second kappa shape index (κ2) is 6.52.